The normalized spacial score (nSPS) is 13.2. The summed E-state index contributed by atoms with van der Waals surface area (Å²) < 4.78 is 24.1. The maximum absolute atomic E-state index is 11.5. The van der Waals surface area contributed by atoms with Gasteiger partial charge in [0.2, 0.25) is 0 Å². The lowest BCUT2D eigenvalue weighted by molar-refractivity contribution is 0.601. The van der Waals surface area contributed by atoms with E-state index in [1.807, 2.05) is 30.3 Å². The van der Waals surface area contributed by atoms with Gasteiger partial charge in [0.25, 0.3) is 0 Å². The minimum Gasteiger partial charge on any atom is -0.320 e. The summed E-state index contributed by atoms with van der Waals surface area (Å²) in [5.74, 6) is 0. The maximum atomic E-state index is 11.5. The van der Waals surface area contributed by atoms with Crippen LogP contribution in [0.15, 0.2) is 57.9 Å². The Hall–Kier alpha value is -1.17. The number of hydrogen-bond acceptors (Lipinski definition) is 3. The van der Waals surface area contributed by atoms with Gasteiger partial charge in [-0.3, -0.25) is 0 Å². The van der Waals surface area contributed by atoms with Crippen molar-refractivity contribution < 1.29 is 8.42 Å². The Kier molecular flexibility index (Phi) is 4.08. The summed E-state index contributed by atoms with van der Waals surface area (Å²) in [6.07, 6.45) is 1.19. The molecule has 0 saturated carbocycles. The molecule has 0 saturated heterocycles. The molecule has 0 aliphatic carbocycles. The Balaban J connectivity index is 2.39. The van der Waals surface area contributed by atoms with Gasteiger partial charge in [-0.25, -0.2) is 8.42 Å². The maximum Gasteiger partial charge on any atom is 0.175 e. The fourth-order valence-electron chi connectivity index (χ4n) is 1.80. The van der Waals surface area contributed by atoms with E-state index in [-0.39, 0.29) is 10.9 Å². The molecule has 0 aromatic heterocycles. The fraction of sp³-hybridized carbons (Fsp3) is 0.143. The Morgan fingerprint density at radius 1 is 1.05 bits per heavy atom. The Bertz CT molecular complexity index is 681. The topological polar surface area (TPSA) is 60.2 Å². The summed E-state index contributed by atoms with van der Waals surface area (Å²) in [6, 6.07) is 14.1. The zero-order chi connectivity index (χ0) is 14.0. The second kappa shape index (κ2) is 5.45. The molecule has 0 bridgehead atoms. The quantitative estimate of drug-likeness (QED) is 0.935. The third-order valence-corrected chi connectivity index (χ3v) is 4.51. The Labute approximate surface area is 121 Å². The third-order valence-electron chi connectivity index (χ3n) is 2.87. The molecule has 0 fully saturated rings. The van der Waals surface area contributed by atoms with Crippen LogP contribution in [0.1, 0.15) is 17.2 Å². The van der Waals surface area contributed by atoms with Gasteiger partial charge in [0.15, 0.2) is 9.84 Å². The molecule has 2 aromatic carbocycles. The lowest BCUT2D eigenvalue weighted by Crippen LogP contribution is -2.12. The SMILES string of the molecule is CS(=O)(=O)c1cccc(C(N)c2ccc(Br)cc2)c1. The van der Waals surface area contributed by atoms with Crippen LogP contribution in [0.5, 0.6) is 0 Å². The van der Waals surface area contributed by atoms with Crippen LogP contribution in [0, 0.1) is 0 Å². The molecule has 1 atom stereocenters. The molecule has 19 heavy (non-hydrogen) atoms. The third kappa shape index (κ3) is 3.43. The molecule has 100 valence electrons. The van der Waals surface area contributed by atoms with Gasteiger partial charge in [0.1, 0.15) is 0 Å². The first kappa shape index (κ1) is 14.2. The van der Waals surface area contributed by atoms with Gasteiger partial charge in [-0.1, -0.05) is 40.2 Å². The molecule has 0 radical (unpaired) electrons. The van der Waals surface area contributed by atoms with Crippen LogP contribution in [0.25, 0.3) is 0 Å². The fourth-order valence-corrected chi connectivity index (χ4v) is 2.74. The van der Waals surface area contributed by atoms with Crippen molar-refractivity contribution >= 4 is 25.8 Å². The number of rotatable bonds is 3. The Morgan fingerprint density at radius 3 is 2.26 bits per heavy atom. The second-order valence-corrected chi connectivity index (χ2v) is 7.31. The van der Waals surface area contributed by atoms with Gasteiger partial charge in [0, 0.05) is 10.7 Å². The highest BCUT2D eigenvalue weighted by Gasteiger charge is 2.12. The minimum absolute atomic E-state index is 0.289. The molecule has 0 heterocycles. The molecule has 0 aliphatic heterocycles. The van der Waals surface area contributed by atoms with Crippen molar-refractivity contribution in [2.45, 2.75) is 10.9 Å². The van der Waals surface area contributed by atoms with Crippen molar-refractivity contribution in [1.29, 1.82) is 0 Å². The van der Waals surface area contributed by atoms with Crippen molar-refractivity contribution in [3.05, 3.63) is 64.1 Å². The van der Waals surface area contributed by atoms with E-state index in [4.69, 9.17) is 5.73 Å². The number of benzene rings is 2. The van der Waals surface area contributed by atoms with Gasteiger partial charge in [-0.15, -0.1) is 0 Å². The predicted octanol–water partition coefficient (Wildman–Crippen LogP) is 2.90. The molecule has 2 rings (SSSR count). The average Bonchev–Trinajstić information content (AvgIpc) is 2.38. The summed E-state index contributed by atoms with van der Waals surface area (Å²) in [5.41, 5.74) is 7.89. The van der Waals surface area contributed by atoms with E-state index in [0.29, 0.717) is 0 Å². The molecular formula is C14H14BrNO2S. The van der Waals surface area contributed by atoms with E-state index in [2.05, 4.69) is 15.9 Å². The van der Waals surface area contributed by atoms with Gasteiger partial charge in [-0.2, -0.15) is 0 Å². The zero-order valence-electron chi connectivity index (χ0n) is 10.4. The first-order valence-electron chi connectivity index (χ1n) is 5.69. The summed E-state index contributed by atoms with van der Waals surface area (Å²) >= 11 is 3.37. The van der Waals surface area contributed by atoms with E-state index in [1.54, 1.807) is 18.2 Å². The van der Waals surface area contributed by atoms with E-state index in [1.165, 1.54) is 6.26 Å². The second-order valence-electron chi connectivity index (χ2n) is 4.37. The molecule has 2 aromatic rings. The molecule has 0 aliphatic rings. The number of nitrogens with two attached hydrogens (primary N) is 1. The monoisotopic (exact) mass is 339 g/mol. The zero-order valence-corrected chi connectivity index (χ0v) is 12.8. The molecule has 0 amide bonds. The lowest BCUT2D eigenvalue weighted by Gasteiger charge is -2.13. The first-order chi connectivity index (χ1) is 8.88. The highest BCUT2D eigenvalue weighted by atomic mass is 79.9. The standard InChI is InChI=1S/C14H14BrNO2S/c1-19(17,18)13-4-2-3-11(9-13)14(16)10-5-7-12(15)8-6-10/h2-9,14H,16H2,1H3. The van der Waals surface area contributed by atoms with Crippen LogP contribution in [-0.4, -0.2) is 14.7 Å². The van der Waals surface area contributed by atoms with Crippen molar-refractivity contribution in [3.8, 4) is 0 Å². The van der Waals surface area contributed by atoms with Gasteiger partial charge in [-0.05, 0) is 35.4 Å². The van der Waals surface area contributed by atoms with Crippen LogP contribution >= 0.6 is 15.9 Å². The summed E-state index contributed by atoms with van der Waals surface area (Å²) in [4.78, 5) is 0.289. The van der Waals surface area contributed by atoms with Crippen LogP contribution in [0.3, 0.4) is 0 Å². The van der Waals surface area contributed by atoms with Crippen LogP contribution in [0.4, 0.5) is 0 Å². The number of halogens is 1. The predicted molar refractivity (Wildman–Crippen MR) is 79.7 cm³/mol. The van der Waals surface area contributed by atoms with Crippen molar-refractivity contribution in [2.75, 3.05) is 6.26 Å². The van der Waals surface area contributed by atoms with Gasteiger partial charge in [0.05, 0.1) is 10.9 Å². The van der Waals surface area contributed by atoms with Gasteiger partial charge >= 0.3 is 0 Å². The smallest absolute Gasteiger partial charge is 0.175 e. The molecule has 5 heteroatoms. The molecule has 2 N–H and O–H groups in total. The highest BCUT2D eigenvalue weighted by Crippen LogP contribution is 2.23. The number of sulfone groups is 1. The molecule has 0 spiro atoms. The molecule has 3 nitrogen and oxygen atoms in total. The summed E-state index contributed by atoms with van der Waals surface area (Å²) in [6.45, 7) is 0. The van der Waals surface area contributed by atoms with E-state index >= 15 is 0 Å². The molecular weight excluding hydrogens is 326 g/mol. The van der Waals surface area contributed by atoms with Crippen LogP contribution in [0.2, 0.25) is 0 Å². The van der Waals surface area contributed by atoms with Crippen LogP contribution < -0.4 is 5.73 Å². The largest absolute Gasteiger partial charge is 0.320 e. The van der Waals surface area contributed by atoms with E-state index in [0.717, 1.165) is 15.6 Å². The van der Waals surface area contributed by atoms with Crippen molar-refractivity contribution in [3.63, 3.8) is 0 Å². The summed E-state index contributed by atoms with van der Waals surface area (Å²) in [7, 11) is -3.21. The summed E-state index contributed by atoms with van der Waals surface area (Å²) in [5, 5.41) is 0. The van der Waals surface area contributed by atoms with Crippen molar-refractivity contribution in [1.82, 2.24) is 0 Å². The van der Waals surface area contributed by atoms with Crippen LogP contribution in [-0.2, 0) is 9.84 Å². The van der Waals surface area contributed by atoms with Gasteiger partial charge < -0.3 is 5.73 Å². The van der Waals surface area contributed by atoms with E-state index in [9.17, 15) is 8.42 Å². The van der Waals surface area contributed by atoms with Crippen molar-refractivity contribution in [2.24, 2.45) is 5.73 Å². The average molecular weight is 340 g/mol. The molecule has 1 unspecified atom stereocenters. The highest BCUT2D eigenvalue weighted by molar-refractivity contribution is 9.10. The Morgan fingerprint density at radius 2 is 1.68 bits per heavy atom. The van der Waals surface area contributed by atoms with E-state index < -0.39 is 9.84 Å². The first-order valence-corrected chi connectivity index (χ1v) is 8.37. The minimum atomic E-state index is -3.21. The lowest BCUT2D eigenvalue weighted by atomic mass is 10.00. The number of hydrogen-bond donors (Lipinski definition) is 1.